The first-order valence-corrected chi connectivity index (χ1v) is 5.11. The van der Waals surface area contributed by atoms with E-state index in [0.29, 0.717) is 18.8 Å². The summed E-state index contributed by atoms with van der Waals surface area (Å²) in [5, 5.41) is 0. The maximum absolute atomic E-state index is 12.6. The maximum atomic E-state index is 12.6. The molecule has 0 atom stereocenters. The predicted octanol–water partition coefficient (Wildman–Crippen LogP) is 0.879. The summed E-state index contributed by atoms with van der Waals surface area (Å²) in [6.45, 7) is 1.19. The van der Waals surface area contributed by atoms with Gasteiger partial charge < -0.3 is 16.1 Å². The Labute approximate surface area is 96.6 Å². The van der Waals surface area contributed by atoms with Crippen molar-refractivity contribution >= 4 is 5.69 Å². The number of nitrogens with one attached hydrogen (secondary N) is 2. The van der Waals surface area contributed by atoms with Crippen molar-refractivity contribution < 1.29 is 4.39 Å². The van der Waals surface area contributed by atoms with Gasteiger partial charge in [0.2, 0.25) is 0 Å². The molecule has 4 N–H and O–H groups in total. The minimum Gasteiger partial charge on any atom is -0.329 e. The molecule has 0 heterocycles. The lowest BCUT2D eigenvalue weighted by atomic mass is 10.3. The van der Waals surface area contributed by atoms with E-state index in [1.165, 1.54) is 12.1 Å². The molecule has 0 spiro atoms. The molecule has 0 aliphatic heterocycles. The van der Waals surface area contributed by atoms with E-state index in [2.05, 4.69) is 10.9 Å². The van der Waals surface area contributed by atoms with Gasteiger partial charge in [0.25, 0.3) is 0 Å². The smallest absolute Gasteiger partial charge is 0.125 e. The molecule has 0 saturated heterocycles. The summed E-state index contributed by atoms with van der Waals surface area (Å²) in [6.07, 6.45) is 0. The number of rotatable bonds is 4. The van der Waals surface area contributed by atoms with Gasteiger partial charge in [-0.25, -0.2) is 9.82 Å². The highest BCUT2D eigenvalue weighted by molar-refractivity contribution is 5.41. The summed E-state index contributed by atoms with van der Waals surface area (Å²) in [7, 11) is 6.00. The number of hydrogen-bond acceptors (Lipinski definition) is 4. The van der Waals surface area contributed by atoms with Gasteiger partial charge >= 0.3 is 0 Å². The van der Waals surface area contributed by atoms with Crippen LogP contribution in [0.2, 0.25) is 0 Å². The second-order valence-electron chi connectivity index (χ2n) is 3.69. The summed E-state index contributed by atoms with van der Waals surface area (Å²) in [6, 6.07) is 6.21. The second-order valence-corrected chi connectivity index (χ2v) is 3.69. The zero-order valence-electron chi connectivity index (χ0n) is 10.1. The summed E-state index contributed by atoms with van der Waals surface area (Å²) in [5.41, 5.74) is 11.6. The van der Waals surface area contributed by atoms with Gasteiger partial charge in [-0.1, -0.05) is 6.07 Å². The first kappa shape index (κ1) is 14.8. The van der Waals surface area contributed by atoms with E-state index in [4.69, 9.17) is 5.73 Å². The fraction of sp³-hybridized carbons (Fsp3) is 0.455. The number of nitrogens with two attached hydrogens (primary N) is 1. The standard InChI is InChI=1S/C8H12FN3.C3H9N/c9-7-2-1-3-8(6-7)12-11-5-4-10;1-4(2)3/h1-3,6,11-12H,4-5,10H2;1-3H3. The summed E-state index contributed by atoms with van der Waals surface area (Å²) in [5.74, 6) is -0.255. The third kappa shape index (κ3) is 9.39. The van der Waals surface area contributed by atoms with E-state index < -0.39 is 0 Å². The van der Waals surface area contributed by atoms with Crippen LogP contribution in [0, 0.1) is 5.82 Å². The molecule has 0 unspecified atom stereocenters. The molecule has 0 aliphatic carbocycles. The Morgan fingerprint density at radius 1 is 1.31 bits per heavy atom. The third-order valence-electron chi connectivity index (χ3n) is 1.33. The van der Waals surface area contributed by atoms with Crippen LogP contribution in [0.1, 0.15) is 0 Å². The quantitative estimate of drug-likeness (QED) is 0.529. The van der Waals surface area contributed by atoms with E-state index in [0.717, 1.165) is 0 Å². The van der Waals surface area contributed by atoms with Gasteiger partial charge in [-0.05, 0) is 39.3 Å². The van der Waals surface area contributed by atoms with E-state index >= 15 is 0 Å². The Bertz CT molecular complexity index is 276. The van der Waals surface area contributed by atoms with E-state index in [1.807, 2.05) is 26.0 Å². The number of halogens is 1. The monoisotopic (exact) mass is 228 g/mol. The molecule has 0 aromatic heterocycles. The zero-order valence-corrected chi connectivity index (χ0v) is 10.1. The van der Waals surface area contributed by atoms with Crippen molar-refractivity contribution in [1.29, 1.82) is 0 Å². The van der Waals surface area contributed by atoms with Crippen LogP contribution >= 0.6 is 0 Å². The SMILES string of the molecule is CN(C)C.NCCNNc1cccc(F)c1. The molecule has 0 fully saturated rings. The highest BCUT2D eigenvalue weighted by atomic mass is 19.1. The Balaban J connectivity index is 0.000000487. The van der Waals surface area contributed by atoms with Crippen molar-refractivity contribution in [2.75, 3.05) is 39.7 Å². The number of hydrogen-bond donors (Lipinski definition) is 3. The van der Waals surface area contributed by atoms with Crippen molar-refractivity contribution in [2.45, 2.75) is 0 Å². The minimum atomic E-state index is -0.255. The van der Waals surface area contributed by atoms with Gasteiger partial charge in [-0.3, -0.25) is 0 Å². The number of anilines is 1. The van der Waals surface area contributed by atoms with Crippen LogP contribution in [-0.2, 0) is 0 Å². The van der Waals surface area contributed by atoms with Crippen LogP contribution in [0.5, 0.6) is 0 Å². The predicted molar refractivity (Wildman–Crippen MR) is 66.7 cm³/mol. The van der Waals surface area contributed by atoms with Crippen LogP contribution in [0.25, 0.3) is 0 Å². The number of nitrogens with zero attached hydrogens (tertiary/aromatic N) is 1. The molecular weight excluding hydrogens is 207 g/mol. The van der Waals surface area contributed by atoms with Crippen molar-refractivity contribution in [3.05, 3.63) is 30.1 Å². The second kappa shape index (κ2) is 9.08. The van der Waals surface area contributed by atoms with Crippen LogP contribution in [0.15, 0.2) is 24.3 Å². The van der Waals surface area contributed by atoms with Crippen LogP contribution in [0.4, 0.5) is 10.1 Å². The first-order chi connectivity index (χ1) is 7.56. The van der Waals surface area contributed by atoms with Crippen LogP contribution < -0.4 is 16.6 Å². The zero-order chi connectivity index (χ0) is 12.4. The van der Waals surface area contributed by atoms with Gasteiger partial charge in [-0.2, -0.15) is 0 Å². The van der Waals surface area contributed by atoms with Crippen molar-refractivity contribution in [2.24, 2.45) is 5.73 Å². The topological polar surface area (TPSA) is 53.3 Å². The first-order valence-electron chi connectivity index (χ1n) is 5.11. The molecule has 16 heavy (non-hydrogen) atoms. The van der Waals surface area contributed by atoms with Crippen molar-refractivity contribution in [1.82, 2.24) is 10.3 Å². The average molecular weight is 228 g/mol. The normalized spacial score (nSPS) is 9.62. The summed E-state index contributed by atoms with van der Waals surface area (Å²) < 4.78 is 12.6. The van der Waals surface area contributed by atoms with Crippen LogP contribution in [-0.4, -0.2) is 39.1 Å². The fourth-order valence-electron chi connectivity index (χ4n) is 0.803. The third-order valence-corrected chi connectivity index (χ3v) is 1.33. The lowest BCUT2D eigenvalue weighted by Crippen LogP contribution is -2.27. The average Bonchev–Trinajstić information content (AvgIpc) is 2.17. The molecule has 1 rings (SSSR count). The highest BCUT2D eigenvalue weighted by Gasteiger charge is 1.91. The van der Waals surface area contributed by atoms with Gasteiger partial charge in [0.1, 0.15) is 5.82 Å². The van der Waals surface area contributed by atoms with Gasteiger partial charge in [0.05, 0.1) is 5.69 Å². The number of hydrazine groups is 1. The molecule has 1 aromatic rings. The molecule has 0 radical (unpaired) electrons. The van der Waals surface area contributed by atoms with E-state index in [-0.39, 0.29) is 5.82 Å². The lowest BCUT2D eigenvalue weighted by Gasteiger charge is -2.06. The summed E-state index contributed by atoms with van der Waals surface area (Å²) in [4.78, 5) is 2.00. The minimum absolute atomic E-state index is 0.255. The Morgan fingerprint density at radius 3 is 2.44 bits per heavy atom. The molecule has 0 bridgehead atoms. The number of benzene rings is 1. The fourth-order valence-corrected chi connectivity index (χ4v) is 0.803. The van der Waals surface area contributed by atoms with Gasteiger partial charge in [-0.15, -0.1) is 0 Å². The Hall–Kier alpha value is -1.17. The molecule has 0 saturated carbocycles. The molecule has 4 nitrogen and oxygen atoms in total. The molecule has 1 aromatic carbocycles. The van der Waals surface area contributed by atoms with E-state index in [1.54, 1.807) is 12.1 Å². The molecular formula is C11H21FN4. The van der Waals surface area contributed by atoms with Gasteiger partial charge in [0, 0.05) is 13.1 Å². The maximum Gasteiger partial charge on any atom is 0.125 e. The van der Waals surface area contributed by atoms with E-state index in [9.17, 15) is 4.39 Å². The van der Waals surface area contributed by atoms with Crippen molar-refractivity contribution in [3.8, 4) is 0 Å². The largest absolute Gasteiger partial charge is 0.329 e. The summed E-state index contributed by atoms with van der Waals surface area (Å²) >= 11 is 0. The molecule has 0 aliphatic rings. The van der Waals surface area contributed by atoms with Crippen molar-refractivity contribution in [3.63, 3.8) is 0 Å². The van der Waals surface area contributed by atoms with Gasteiger partial charge in [0.15, 0.2) is 0 Å². The molecule has 5 heteroatoms. The van der Waals surface area contributed by atoms with Crippen LogP contribution in [0.3, 0.4) is 0 Å². The highest BCUT2D eigenvalue weighted by Crippen LogP contribution is 2.06. The Kier molecular flexibility index (Phi) is 8.42. The Morgan fingerprint density at radius 2 is 1.94 bits per heavy atom. The molecule has 0 amide bonds. The lowest BCUT2D eigenvalue weighted by molar-refractivity contribution is 0.505. The molecule has 92 valence electrons.